The minimum absolute atomic E-state index is 0.531. The van der Waals surface area contributed by atoms with E-state index in [4.69, 9.17) is 22.1 Å². The van der Waals surface area contributed by atoms with Gasteiger partial charge in [-0.05, 0) is 60.5 Å². The highest BCUT2D eigenvalue weighted by Gasteiger charge is 2.19. The Kier molecular flexibility index (Phi) is 8.36. The highest BCUT2D eigenvalue weighted by molar-refractivity contribution is 6.31. The molecule has 0 bridgehead atoms. The van der Waals surface area contributed by atoms with Crippen molar-refractivity contribution in [3.05, 3.63) is 83.3 Å². The molecular formula is C29H33ClFN5O. The van der Waals surface area contributed by atoms with Crippen molar-refractivity contribution in [2.45, 2.75) is 26.1 Å². The first-order valence-electron chi connectivity index (χ1n) is 12.8. The van der Waals surface area contributed by atoms with Gasteiger partial charge in [-0.3, -0.25) is 14.8 Å². The minimum Gasteiger partial charge on any atom is -0.463 e. The van der Waals surface area contributed by atoms with Crippen LogP contribution in [0.25, 0.3) is 22.0 Å². The third-order valence-corrected chi connectivity index (χ3v) is 7.36. The fourth-order valence-electron chi connectivity index (χ4n) is 5.02. The van der Waals surface area contributed by atoms with Crippen LogP contribution in [-0.2, 0) is 19.6 Å². The molecule has 1 saturated heterocycles. The van der Waals surface area contributed by atoms with E-state index in [-0.39, 0.29) is 0 Å². The molecule has 0 amide bonds. The Balaban J connectivity index is 1.31. The monoisotopic (exact) mass is 521 g/mol. The van der Waals surface area contributed by atoms with Crippen LogP contribution in [0, 0.1) is 0 Å². The second-order valence-electron chi connectivity index (χ2n) is 9.49. The molecule has 0 aliphatic carbocycles. The summed E-state index contributed by atoms with van der Waals surface area (Å²) in [6, 6.07) is 18.2. The third kappa shape index (κ3) is 6.13. The number of aromatic nitrogens is 2. The second kappa shape index (κ2) is 12.0. The standard InChI is InChI=1S/C29H33ClFN5O/c30-27-3-1-11-33-28(27)20-35-15-13-34(14-16-35)18-22-4-9-29-25(17-22)26(19-36(29)12-2-10-32)23-5-7-24(8-6-23)37-21-31/h1,3-9,11,17,19H,2,10,12-16,18,20-21,32H2. The maximum absolute atomic E-state index is 12.6. The van der Waals surface area contributed by atoms with E-state index in [1.807, 2.05) is 36.4 Å². The molecule has 1 aliphatic heterocycles. The van der Waals surface area contributed by atoms with Crippen molar-refractivity contribution < 1.29 is 9.13 Å². The number of nitrogens with zero attached hydrogens (tertiary/aromatic N) is 4. The molecule has 0 unspecified atom stereocenters. The fourth-order valence-corrected chi connectivity index (χ4v) is 5.20. The van der Waals surface area contributed by atoms with E-state index in [2.05, 4.69) is 43.7 Å². The van der Waals surface area contributed by atoms with Crippen molar-refractivity contribution in [3.63, 3.8) is 0 Å². The molecule has 1 aliphatic rings. The Morgan fingerprint density at radius 3 is 2.43 bits per heavy atom. The van der Waals surface area contributed by atoms with E-state index in [0.717, 1.165) is 74.1 Å². The maximum atomic E-state index is 12.6. The molecule has 194 valence electrons. The molecule has 0 saturated carbocycles. The van der Waals surface area contributed by atoms with Gasteiger partial charge in [0.25, 0.3) is 0 Å². The van der Waals surface area contributed by atoms with Crippen LogP contribution in [0.5, 0.6) is 5.75 Å². The molecule has 8 heteroatoms. The lowest BCUT2D eigenvalue weighted by Gasteiger charge is -2.34. The molecule has 0 atom stereocenters. The van der Waals surface area contributed by atoms with E-state index in [1.165, 1.54) is 16.5 Å². The Morgan fingerprint density at radius 2 is 1.73 bits per heavy atom. The molecule has 2 N–H and O–H groups in total. The van der Waals surface area contributed by atoms with Gasteiger partial charge < -0.3 is 15.0 Å². The summed E-state index contributed by atoms with van der Waals surface area (Å²) in [4.78, 5) is 9.36. The summed E-state index contributed by atoms with van der Waals surface area (Å²) < 4.78 is 19.8. The van der Waals surface area contributed by atoms with Crippen molar-refractivity contribution in [2.75, 3.05) is 39.6 Å². The number of ether oxygens (including phenoxy) is 1. The summed E-state index contributed by atoms with van der Waals surface area (Å²) in [5, 5.41) is 1.95. The molecule has 0 spiro atoms. The van der Waals surface area contributed by atoms with Crippen LogP contribution in [0.4, 0.5) is 4.39 Å². The molecule has 5 rings (SSSR count). The topological polar surface area (TPSA) is 59.6 Å². The lowest BCUT2D eigenvalue weighted by molar-refractivity contribution is 0.121. The van der Waals surface area contributed by atoms with Gasteiger partial charge in [-0.2, -0.15) is 0 Å². The van der Waals surface area contributed by atoms with Crippen LogP contribution in [0.15, 0.2) is 67.0 Å². The maximum Gasteiger partial charge on any atom is 0.228 e. The van der Waals surface area contributed by atoms with Gasteiger partial charge in [0.2, 0.25) is 6.86 Å². The van der Waals surface area contributed by atoms with Crippen LogP contribution in [0.1, 0.15) is 17.7 Å². The number of piperazine rings is 1. The Bertz CT molecular complexity index is 1320. The predicted octanol–water partition coefficient (Wildman–Crippen LogP) is 5.33. The van der Waals surface area contributed by atoms with Crippen molar-refractivity contribution in [2.24, 2.45) is 5.73 Å². The van der Waals surface area contributed by atoms with E-state index in [9.17, 15) is 4.39 Å². The minimum atomic E-state index is -0.827. The van der Waals surface area contributed by atoms with Crippen LogP contribution < -0.4 is 10.5 Å². The average molecular weight is 522 g/mol. The van der Waals surface area contributed by atoms with Crippen molar-refractivity contribution in [1.29, 1.82) is 0 Å². The van der Waals surface area contributed by atoms with E-state index in [1.54, 1.807) is 6.20 Å². The van der Waals surface area contributed by atoms with E-state index >= 15 is 0 Å². The first kappa shape index (κ1) is 25.7. The van der Waals surface area contributed by atoms with Crippen LogP contribution in [0.2, 0.25) is 5.02 Å². The quantitative estimate of drug-likeness (QED) is 0.306. The zero-order valence-electron chi connectivity index (χ0n) is 21.0. The van der Waals surface area contributed by atoms with Crippen LogP contribution in [-0.4, -0.2) is 58.9 Å². The number of benzene rings is 2. The third-order valence-electron chi connectivity index (χ3n) is 7.01. The van der Waals surface area contributed by atoms with Crippen LogP contribution >= 0.6 is 11.6 Å². The molecule has 2 aromatic heterocycles. The summed E-state index contributed by atoms with van der Waals surface area (Å²) in [5.74, 6) is 0.531. The lowest BCUT2D eigenvalue weighted by Crippen LogP contribution is -2.45. The predicted molar refractivity (Wildman–Crippen MR) is 147 cm³/mol. The average Bonchev–Trinajstić information content (AvgIpc) is 3.28. The van der Waals surface area contributed by atoms with Gasteiger partial charge in [0.1, 0.15) is 5.75 Å². The molecule has 1 fully saturated rings. The number of halogens is 2. The smallest absolute Gasteiger partial charge is 0.228 e. The molecule has 37 heavy (non-hydrogen) atoms. The van der Waals surface area contributed by atoms with Gasteiger partial charge in [0.15, 0.2) is 0 Å². The van der Waals surface area contributed by atoms with Gasteiger partial charge in [-0.25, -0.2) is 4.39 Å². The molecule has 0 radical (unpaired) electrons. The number of aryl methyl sites for hydroxylation is 1. The number of hydrogen-bond donors (Lipinski definition) is 1. The van der Waals surface area contributed by atoms with Gasteiger partial charge in [0, 0.05) is 74.7 Å². The van der Waals surface area contributed by atoms with E-state index < -0.39 is 6.86 Å². The fraction of sp³-hybridized carbons (Fsp3) is 0.345. The SMILES string of the molecule is NCCCn1cc(-c2ccc(OCF)cc2)c2cc(CN3CCN(Cc4ncccc4Cl)CC3)ccc21. The summed E-state index contributed by atoms with van der Waals surface area (Å²) in [6.07, 6.45) is 4.93. The first-order chi connectivity index (χ1) is 18.1. The van der Waals surface area contributed by atoms with E-state index in [0.29, 0.717) is 12.3 Å². The number of rotatable bonds is 10. The highest BCUT2D eigenvalue weighted by Crippen LogP contribution is 2.33. The number of nitrogens with two attached hydrogens (primary N) is 1. The highest BCUT2D eigenvalue weighted by atomic mass is 35.5. The second-order valence-corrected chi connectivity index (χ2v) is 9.90. The lowest BCUT2D eigenvalue weighted by atomic mass is 10.0. The number of hydrogen-bond acceptors (Lipinski definition) is 5. The Morgan fingerprint density at radius 1 is 0.973 bits per heavy atom. The zero-order valence-corrected chi connectivity index (χ0v) is 21.7. The normalized spacial score (nSPS) is 14.9. The first-order valence-corrected chi connectivity index (χ1v) is 13.2. The van der Waals surface area contributed by atoms with Crippen LogP contribution in [0.3, 0.4) is 0 Å². The number of fused-ring (bicyclic) bond motifs is 1. The van der Waals surface area contributed by atoms with Crippen molar-refractivity contribution in [1.82, 2.24) is 19.4 Å². The molecule has 6 nitrogen and oxygen atoms in total. The summed E-state index contributed by atoms with van der Waals surface area (Å²) in [6.45, 7) is 6.38. The zero-order chi connectivity index (χ0) is 25.6. The Hall–Kier alpha value is -2.97. The summed E-state index contributed by atoms with van der Waals surface area (Å²) in [7, 11) is 0. The molecule has 3 heterocycles. The number of pyridine rings is 1. The molecule has 4 aromatic rings. The Labute approximate surface area is 222 Å². The van der Waals surface area contributed by atoms with Crippen molar-refractivity contribution >= 4 is 22.5 Å². The van der Waals surface area contributed by atoms with Gasteiger partial charge in [0.05, 0.1) is 10.7 Å². The van der Waals surface area contributed by atoms with Crippen molar-refractivity contribution in [3.8, 4) is 16.9 Å². The summed E-state index contributed by atoms with van der Waals surface area (Å²) in [5.41, 5.74) is 11.5. The summed E-state index contributed by atoms with van der Waals surface area (Å²) >= 11 is 6.31. The van der Waals surface area contributed by atoms with Gasteiger partial charge in [-0.1, -0.05) is 29.8 Å². The van der Waals surface area contributed by atoms with Gasteiger partial charge in [-0.15, -0.1) is 0 Å². The largest absolute Gasteiger partial charge is 0.463 e. The molecule has 2 aromatic carbocycles. The number of alkyl halides is 1. The van der Waals surface area contributed by atoms with Gasteiger partial charge >= 0.3 is 0 Å². The molecular weight excluding hydrogens is 489 g/mol.